The zero-order valence-corrected chi connectivity index (χ0v) is 10.3. The second-order valence-corrected chi connectivity index (χ2v) is 4.50. The Morgan fingerprint density at radius 2 is 1.50 bits per heavy atom. The van der Waals surface area contributed by atoms with Gasteiger partial charge in [-0.2, -0.15) is 0 Å². The number of nitrogens with one attached hydrogen (secondary N) is 1. The molecule has 2 nitrogen and oxygen atoms in total. The van der Waals surface area contributed by atoms with Gasteiger partial charge in [0, 0.05) is 18.5 Å². The molecule has 16 heavy (non-hydrogen) atoms. The summed E-state index contributed by atoms with van der Waals surface area (Å²) in [5, 5.41) is 8.63. The van der Waals surface area contributed by atoms with Crippen molar-refractivity contribution in [2.75, 3.05) is 6.61 Å². The molecule has 0 aromatic carbocycles. The third-order valence-corrected chi connectivity index (χ3v) is 3.02. The zero-order valence-electron chi connectivity index (χ0n) is 10.3. The van der Waals surface area contributed by atoms with Crippen LogP contribution in [0.1, 0.15) is 57.1 Å². The van der Waals surface area contributed by atoms with Gasteiger partial charge in [-0.05, 0) is 31.4 Å². The van der Waals surface area contributed by atoms with Crippen molar-refractivity contribution in [1.82, 2.24) is 4.98 Å². The van der Waals surface area contributed by atoms with Gasteiger partial charge in [-0.15, -0.1) is 0 Å². The summed E-state index contributed by atoms with van der Waals surface area (Å²) >= 11 is 0. The van der Waals surface area contributed by atoms with E-state index in [2.05, 4.69) is 17.1 Å². The molecular formula is C14H25NO. The number of aryl methyl sites for hydroxylation is 1. The minimum absolute atomic E-state index is 0.357. The fourth-order valence-electron chi connectivity index (χ4n) is 2.01. The van der Waals surface area contributed by atoms with Crippen LogP contribution >= 0.6 is 0 Å². The Kier molecular flexibility index (Phi) is 7.87. The maximum Gasteiger partial charge on any atom is 0.0431 e. The monoisotopic (exact) mass is 223 g/mol. The first kappa shape index (κ1) is 13.3. The molecule has 0 radical (unpaired) electrons. The lowest BCUT2D eigenvalue weighted by atomic mass is 10.1. The highest BCUT2D eigenvalue weighted by molar-refractivity contribution is 5.03. The second kappa shape index (κ2) is 9.46. The van der Waals surface area contributed by atoms with E-state index in [4.69, 9.17) is 5.11 Å². The average Bonchev–Trinajstić information content (AvgIpc) is 2.80. The third kappa shape index (κ3) is 6.67. The van der Waals surface area contributed by atoms with E-state index in [0.29, 0.717) is 6.61 Å². The summed E-state index contributed by atoms with van der Waals surface area (Å²) in [4.78, 5) is 3.24. The zero-order chi connectivity index (χ0) is 11.5. The average molecular weight is 223 g/mol. The number of rotatable bonds is 10. The van der Waals surface area contributed by atoms with Crippen LogP contribution in [-0.4, -0.2) is 16.7 Å². The molecule has 0 atom stereocenters. The predicted molar refractivity (Wildman–Crippen MR) is 68.5 cm³/mol. The largest absolute Gasteiger partial charge is 0.396 e. The van der Waals surface area contributed by atoms with E-state index in [0.717, 1.165) is 6.42 Å². The van der Waals surface area contributed by atoms with Crippen molar-refractivity contribution >= 4 is 0 Å². The molecule has 0 amide bonds. The summed E-state index contributed by atoms with van der Waals surface area (Å²) in [6.45, 7) is 0.357. The standard InChI is InChI=1S/C14H25NO/c16-13-8-6-4-2-1-3-5-7-10-14-11-9-12-15-14/h9,11-12,15-16H,1-8,10,13H2. The van der Waals surface area contributed by atoms with Gasteiger partial charge in [0.25, 0.3) is 0 Å². The highest BCUT2D eigenvalue weighted by Gasteiger charge is 1.94. The van der Waals surface area contributed by atoms with E-state index in [1.165, 1.54) is 57.1 Å². The Balaban J connectivity index is 1.78. The number of aliphatic hydroxyl groups is 1. The van der Waals surface area contributed by atoms with Crippen LogP contribution in [0.3, 0.4) is 0 Å². The van der Waals surface area contributed by atoms with Crippen molar-refractivity contribution in [2.24, 2.45) is 0 Å². The van der Waals surface area contributed by atoms with Crippen molar-refractivity contribution in [1.29, 1.82) is 0 Å². The molecule has 1 heterocycles. The molecule has 1 aromatic rings. The molecular weight excluding hydrogens is 198 g/mol. The number of hydrogen-bond acceptors (Lipinski definition) is 1. The van der Waals surface area contributed by atoms with E-state index in [-0.39, 0.29) is 0 Å². The molecule has 0 saturated heterocycles. The predicted octanol–water partition coefficient (Wildman–Crippen LogP) is 3.67. The molecule has 0 aliphatic rings. The van der Waals surface area contributed by atoms with Gasteiger partial charge in [0.2, 0.25) is 0 Å². The van der Waals surface area contributed by atoms with E-state index in [1.54, 1.807) is 0 Å². The van der Waals surface area contributed by atoms with Gasteiger partial charge in [0.05, 0.1) is 0 Å². The highest BCUT2D eigenvalue weighted by atomic mass is 16.2. The van der Waals surface area contributed by atoms with Gasteiger partial charge in [-0.1, -0.05) is 38.5 Å². The van der Waals surface area contributed by atoms with Crippen LogP contribution in [-0.2, 0) is 6.42 Å². The van der Waals surface area contributed by atoms with Gasteiger partial charge in [0.1, 0.15) is 0 Å². The molecule has 0 aliphatic carbocycles. The summed E-state index contributed by atoms with van der Waals surface area (Å²) in [5.41, 5.74) is 1.36. The molecule has 1 rings (SSSR count). The van der Waals surface area contributed by atoms with E-state index >= 15 is 0 Å². The van der Waals surface area contributed by atoms with Gasteiger partial charge < -0.3 is 10.1 Å². The molecule has 0 saturated carbocycles. The molecule has 0 unspecified atom stereocenters. The lowest BCUT2D eigenvalue weighted by Gasteiger charge is -2.01. The minimum atomic E-state index is 0.357. The van der Waals surface area contributed by atoms with E-state index < -0.39 is 0 Å². The van der Waals surface area contributed by atoms with Gasteiger partial charge in [0.15, 0.2) is 0 Å². The van der Waals surface area contributed by atoms with Crippen LogP contribution in [0, 0.1) is 0 Å². The number of aromatic amines is 1. The molecule has 2 N–H and O–H groups in total. The normalized spacial score (nSPS) is 10.8. The second-order valence-electron chi connectivity index (χ2n) is 4.50. The minimum Gasteiger partial charge on any atom is -0.396 e. The van der Waals surface area contributed by atoms with Gasteiger partial charge in [-0.3, -0.25) is 0 Å². The van der Waals surface area contributed by atoms with Crippen molar-refractivity contribution in [3.8, 4) is 0 Å². The number of H-pyrrole nitrogens is 1. The first-order valence-corrected chi connectivity index (χ1v) is 6.66. The van der Waals surface area contributed by atoms with E-state index in [1.807, 2.05) is 6.20 Å². The molecule has 0 aliphatic heterocycles. The molecule has 92 valence electrons. The lowest BCUT2D eigenvalue weighted by molar-refractivity contribution is 0.282. The summed E-state index contributed by atoms with van der Waals surface area (Å²) < 4.78 is 0. The van der Waals surface area contributed by atoms with Crippen LogP contribution < -0.4 is 0 Å². The van der Waals surface area contributed by atoms with Crippen LogP contribution in [0.2, 0.25) is 0 Å². The van der Waals surface area contributed by atoms with Gasteiger partial charge in [-0.25, -0.2) is 0 Å². The maximum absolute atomic E-state index is 8.63. The van der Waals surface area contributed by atoms with Crippen molar-refractivity contribution in [3.05, 3.63) is 24.0 Å². The van der Waals surface area contributed by atoms with Crippen molar-refractivity contribution < 1.29 is 5.11 Å². The fourth-order valence-corrected chi connectivity index (χ4v) is 2.01. The summed E-state index contributed by atoms with van der Waals surface area (Å²) in [7, 11) is 0. The van der Waals surface area contributed by atoms with E-state index in [9.17, 15) is 0 Å². The summed E-state index contributed by atoms with van der Waals surface area (Å²) in [6.07, 6.45) is 13.4. The SMILES string of the molecule is OCCCCCCCCCCc1ccc[nH]1. The summed E-state index contributed by atoms with van der Waals surface area (Å²) in [5.74, 6) is 0. The van der Waals surface area contributed by atoms with Crippen LogP contribution in [0.25, 0.3) is 0 Å². The van der Waals surface area contributed by atoms with Crippen LogP contribution in [0.5, 0.6) is 0 Å². The first-order valence-electron chi connectivity index (χ1n) is 6.66. The highest BCUT2D eigenvalue weighted by Crippen LogP contribution is 2.10. The molecule has 0 fully saturated rings. The molecule has 2 heteroatoms. The number of aliphatic hydroxyl groups excluding tert-OH is 1. The Hall–Kier alpha value is -0.760. The molecule has 1 aromatic heterocycles. The number of hydrogen-bond donors (Lipinski definition) is 2. The Morgan fingerprint density at radius 1 is 0.875 bits per heavy atom. The number of aromatic nitrogens is 1. The molecule has 0 bridgehead atoms. The van der Waals surface area contributed by atoms with Gasteiger partial charge >= 0.3 is 0 Å². The fraction of sp³-hybridized carbons (Fsp3) is 0.714. The smallest absolute Gasteiger partial charge is 0.0431 e. The Labute approximate surface area is 99.1 Å². The van der Waals surface area contributed by atoms with Crippen molar-refractivity contribution in [2.45, 2.75) is 57.8 Å². The maximum atomic E-state index is 8.63. The van der Waals surface area contributed by atoms with Crippen LogP contribution in [0.15, 0.2) is 18.3 Å². The summed E-state index contributed by atoms with van der Waals surface area (Å²) in [6, 6.07) is 4.23. The first-order chi connectivity index (χ1) is 7.93. The Morgan fingerprint density at radius 3 is 2.06 bits per heavy atom. The Bertz CT molecular complexity index is 231. The quantitative estimate of drug-likeness (QED) is 0.583. The number of unbranched alkanes of at least 4 members (excludes halogenated alkanes) is 7. The lowest BCUT2D eigenvalue weighted by Crippen LogP contribution is -1.87. The topological polar surface area (TPSA) is 36.0 Å². The van der Waals surface area contributed by atoms with Crippen molar-refractivity contribution in [3.63, 3.8) is 0 Å². The molecule has 0 spiro atoms. The van der Waals surface area contributed by atoms with Crippen LogP contribution in [0.4, 0.5) is 0 Å². The third-order valence-electron chi connectivity index (χ3n) is 3.02.